The SMILES string of the molecule is Cn1nc(-c2ccc(C(=O)N3CCC(=O)CC3)s2)cc1C(F)(F)F. The van der Waals surface area contributed by atoms with Crippen molar-refractivity contribution < 1.29 is 22.8 Å². The maximum Gasteiger partial charge on any atom is 0.433 e. The number of rotatable bonds is 2. The van der Waals surface area contributed by atoms with Crippen molar-refractivity contribution in [2.24, 2.45) is 7.05 Å². The number of carbonyl (C=O) groups is 2. The van der Waals surface area contributed by atoms with E-state index in [4.69, 9.17) is 0 Å². The molecule has 0 spiro atoms. The van der Waals surface area contributed by atoms with Crippen LogP contribution in [0.2, 0.25) is 0 Å². The van der Waals surface area contributed by atoms with Gasteiger partial charge < -0.3 is 4.90 Å². The van der Waals surface area contributed by atoms with Crippen LogP contribution >= 0.6 is 11.3 Å². The molecule has 24 heavy (non-hydrogen) atoms. The van der Waals surface area contributed by atoms with Crippen LogP contribution in [0, 0.1) is 0 Å². The van der Waals surface area contributed by atoms with Crippen LogP contribution in [-0.2, 0) is 18.0 Å². The van der Waals surface area contributed by atoms with Crippen LogP contribution < -0.4 is 0 Å². The lowest BCUT2D eigenvalue weighted by molar-refractivity contribution is -0.143. The number of piperidine rings is 1. The van der Waals surface area contributed by atoms with Crippen molar-refractivity contribution in [2.45, 2.75) is 19.0 Å². The van der Waals surface area contributed by atoms with Crippen LogP contribution in [0.4, 0.5) is 13.2 Å². The molecular formula is C15H14F3N3O2S. The normalized spacial score (nSPS) is 15.8. The molecule has 0 unspecified atom stereocenters. The zero-order chi connectivity index (χ0) is 17.5. The summed E-state index contributed by atoms with van der Waals surface area (Å²) in [7, 11) is 1.23. The van der Waals surface area contributed by atoms with Crippen molar-refractivity contribution in [1.29, 1.82) is 0 Å². The number of Topliss-reactive ketones (excluding diaryl/α,β-unsaturated/α-hetero) is 1. The first-order valence-electron chi connectivity index (χ1n) is 7.28. The molecule has 0 bridgehead atoms. The van der Waals surface area contributed by atoms with Crippen molar-refractivity contribution in [1.82, 2.24) is 14.7 Å². The first-order valence-corrected chi connectivity index (χ1v) is 8.10. The number of nitrogens with zero attached hydrogens (tertiary/aromatic N) is 3. The van der Waals surface area contributed by atoms with Crippen molar-refractivity contribution >= 4 is 23.0 Å². The van der Waals surface area contributed by atoms with Crippen LogP contribution in [-0.4, -0.2) is 39.5 Å². The second-order valence-corrected chi connectivity index (χ2v) is 6.61. The van der Waals surface area contributed by atoms with Gasteiger partial charge in [-0.25, -0.2) is 0 Å². The van der Waals surface area contributed by atoms with Gasteiger partial charge in [0, 0.05) is 33.0 Å². The molecule has 0 aliphatic carbocycles. The summed E-state index contributed by atoms with van der Waals surface area (Å²) in [6.07, 6.45) is -3.78. The van der Waals surface area contributed by atoms with Crippen LogP contribution in [0.15, 0.2) is 18.2 Å². The van der Waals surface area contributed by atoms with E-state index in [-0.39, 0.29) is 17.4 Å². The number of ketones is 1. The zero-order valence-corrected chi connectivity index (χ0v) is 13.6. The van der Waals surface area contributed by atoms with Crippen molar-refractivity contribution in [3.8, 4) is 10.6 Å². The molecule has 128 valence electrons. The third-order valence-electron chi connectivity index (χ3n) is 3.85. The minimum absolute atomic E-state index is 0.138. The first kappa shape index (κ1) is 16.7. The average molecular weight is 357 g/mol. The summed E-state index contributed by atoms with van der Waals surface area (Å²) in [5.41, 5.74) is -0.656. The summed E-state index contributed by atoms with van der Waals surface area (Å²) in [5, 5.41) is 3.88. The predicted octanol–water partition coefficient (Wildman–Crippen LogP) is 2.97. The quantitative estimate of drug-likeness (QED) is 0.830. The molecule has 1 saturated heterocycles. The molecule has 3 rings (SSSR count). The number of carbonyl (C=O) groups excluding carboxylic acids is 2. The van der Waals surface area contributed by atoms with Gasteiger partial charge in [0.1, 0.15) is 17.2 Å². The van der Waals surface area contributed by atoms with Gasteiger partial charge in [-0.3, -0.25) is 14.3 Å². The molecule has 0 saturated carbocycles. The van der Waals surface area contributed by atoms with Gasteiger partial charge in [-0.2, -0.15) is 18.3 Å². The van der Waals surface area contributed by atoms with E-state index in [9.17, 15) is 22.8 Å². The highest BCUT2D eigenvalue weighted by Gasteiger charge is 2.35. The lowest BCUT2D eigenvalue weighted by atomic mass is 10.1. The average Bonchev–Trinajstić information content (AvgIpc) is 3.13. The second-order valence-electron chi connectivity index (χ2n) is 5.53. The minimum atomic E-state index is -4.48. The van der Waals surface area contributed by atoms with Gasteiger partial charge in [0.05, 0.1) is 9.75 Å². The van der Waals surface area contributed by atoms with Crippen LogP contribution in [0.25, 0.3) is 10.6 Å². The minimum Gasteiger partial charge on any atom is -0.337 e. The Labute approximate surface area is 139 Å². The van der Waals surface area contributed by atoms with Gasteiger partial charge in [0.2, 0.25) is 0 Å². The first-order chi connectivity index (χ1) is 11.3. The lowest BCUT2D eigenvalue weighted by Gasteiger charge is -2.25. The highest BCUT2D eigenvalue weighted by atomic mass is 32.1. The smallest absolute Gasteiger partial charge is 0.337 e. The second kappa shape index (κ2) is 6.04. The third kappa shape index (κ3) is 3.21. The van der Waals surface area contributed by atoms with Crippen molar-refractivity contribution in [3.63, 3.8) is 0 Å². The summed E-state index contributed by atoms with van der Waals surface area (Å²) < 4.78 is 39.3. The number of thiophene rings is 1. The Morgan fingerprint density at radius 1 is 1.25 bits per heavy atom. The molecule has 1 fully saturated rings. The number of aryl methyl sites for hydroxylation is 1. The Morgan fingerprint density at radius 2 is 1.92 bits per heavy atom. The lowest BCUT2D eigenvalue weighted by Crippen LogP contribution is -2.38. The Kier molecular flexibility index (Phi) is 4.20. The third-order valence-corrected chi connectivity index (χ3v) is 4.94. The fourth-order valence-electron chi connectivity index (χ4n) is 2.56. The summed E-state index contributed by atoms with van der Waals surface area (Å²) in [6.45, 7) is 0.763. The number of hydrogen-bond acceptors (Lipinski definition) is 4. The zero-order valence-electron chi connectivity index (χ0n) is 12.8. The largest absolute Gasteiger partial charge is 0.433 e. The molecule has 2 aromatic heterocycles. The molecule has 0 radical (unpaired) electrons. The maximum absolute atomic E-state index is 12.8. The fraction of sp³-hybridized carbons (Fsp3) is 0.400. The maximum atomic E-state index is 12.8. The molecule has 1 amide bonds. The number of alkyl halides is 3. The summed E-state index contributed by atoms with van der Waals surface area (Å²) in [5.74, 6) is -0.0650. The summed E-state index contributed by atoms with van der Waals surface area (Å²) in [4.78, 5) is 26.2. The van der Waals surface area contributed by atoms with E-state index in [2.05, 4.69) is 5.10 Å². The van der Waals surface area contributed by atoms with Gasteiger partial charge in [0.25, 0.3) is 5.91 Å². The van der Waals surface area contributed by atoms with Crippen LogP contribution in [0.3, 0.4) is 0 Å². The van der Waals surface area contributed by atoms with Gasteiger partial charge >= 0.3 is 6.18 Å². The van der Waals surface area contributed by atoms with E-state index in [0.29, 0.717) is 35.7 Å². The topological polar surface area (TPSA) is 55.2 Å². The number of amides is 1. The molecule has 1 aliphatic rings. The molecule has 1 aliphatic heterocycles. The molecule has 2 aromatic rings. The number of aromatic nitrogens is 2. The number of halogens is 3. The van der Waals surface area contributed by atoms with E-state index >= 15 is 0 Å². The van der Waals surface area contributed by atoms with Crippen LogP contribution in [0.5, 0.6) is 0 Å². The highest BCUT2D eigenvalue weighted by molar-refractivity contribution is 7.17. The molecule has 0 N–H and O–H groups in total. The molecule has 0 aromatic carbocycles. The highest BCUT2D eigenvalue weighted by Crippen LogP contribution is 2.34. The van der Waals surface area contributed by atoms with E-state index in [1.54, 1.807) is 17.0 Å². The Morgan fingerprint density at radius 3 is 2.50 bits per heavy atom. The monoisotopic (exact) mass is 357 g/mol. The fourth-order valence-corrected chi connectivity index (χ4v) is 3.49. The molecule has 5 nitrogen and oxygen atoms in total. The summed E-state index contributed by atoms with van der Waals surface area (Å²) >= 11 is 1.10. The summed E-state index contributed by atoms with van der Waals surface area (Å²) in [6, 6.07) is 4.15. The van der Waals surface area contributed by atoms with E-state index in [0.717, 1.165) is 22.1 Å². The standard InChI is InChI=1S/C15H14F3N3O2S/c1-20-13(15(16,17)18)8-10(19-20)11-2-3-12(24-11)14(23)21-6-4-9(22)5-7-21/h2-3,8H,4-7H2,1H3. The Bertz CT molecular complexity index is 784. The molecular weight excluding hydrogens is 343 g/mol. The van der Waals surface area contributed by atoms with Gasteiger partial charge in [0.15, 0.2) is 0 Å². The van der Waals surface area contributed by atoms with Gasteiger partial charge in [-0.15, -0.1) is 11.3 Å². The van der Waals surface area contributed by atoms with E-state index in [1.165, 1.54) is 7.05 Å². The van der Waals surface area contributed by atoms with Crippen molar-refractivity contribution in [2.75, 3.05) is 13.1 Å². The predicted molar refractivity (Wildman–Crippen MR) is 81.7 cm³/mol. The molecule has 3 heterocycles. The molecule has 9 heteroatoms. The number of likely N-dealkylation sites (tertiary alicyclic amines) is 1. The molecule has 0 atom stereocenters. The Hall–Kier alpha value is -2.16. The van der Waals surface area contributed by atoms with Gasteiger partial charge in [-0.05, 0) is 18.2 Å². The van der Waals surface area contributed by atoms with E-state index < -0.39 is 11.9 Å². The Balaban J connectivity index is 1.81. The van der Waals surface area contributed by atoms with Gasteiger partial charge in [-0.1, -0.05) is 0 Å². The van der Waals surface area contributed by atoms with Crippen LogP contribution in [0.1, 0.15) is 28.2 Å². The van der Waals surface area contributed by atoms with Crippen molar-refractivity contribution in [3.05, 3.63) is 28.8 Å². The number of hydrogen-bond donors (Lipinski definition) is 0. The van der Waals surface area contributed by atoms with E-state index in [1.807, 2.05) is 0 Å².